The first-order valence-electron chi connectivity index (χ1n) is 6.51. The Bertz CT molecular complexity index is 462. The maximum atomic E-state index is 11.5. The molecule has 1 atom stereocenters. The zero-order valence-electron chi connectivity index (χ0n) is 11.5. The highest BCUT2D eigenvalue weighted by Gasteiger charge is 2.27. The van der Waals surface area contributed by atoms with E-state index in [0.717, 1.165) is 12.2 Å². The topological polar surface area (TPSA) is 67.6 Å². The van der Waals surface area contributed by atoms with Crippen molar-refractivity contribution >= 4 is 11.6 Å². The van der Waals surface area contributed by atoms with Gasteiger partial charge in [0.05, 0.1) is 13.2 Å². The summed E-state index contributed by atoms with van der Waals surface area (Å²) in [6, 6.07) is 5.87. The lowest BCUT2D eigenvalue weighted by atomic mass is 10.1. The van der Waals surface area contributed by atoms with Crippen LogP contribution in [-0.4, -0.2) is 38.8 Å². The smallest absolute Gasteiger partial charge is 0.242 e. The Balaban J connectivity index is 2.24. The van der Waals surface area contributed by atoms with E-state index in [0.29, 0.717) is 19.8 Å². The average molecular weight is 263 g/mol. The highest BCUT2D eigenvalue weighted by molar-refractivity contribution is 5.84. The van der Waals surface area contributed by atoms with Crippen LogP contribution in [0.25, 0.3) is 0 Å². The van der Waals surface area contributed by atoms with Gasteiger partial charge in [-0.05, 0) is 37.2 Å². The molecule has 2 rings (SSSR count). The van der Waals surface area contributed by atoms with Crippen molar-refractivity contribution in [3.05, 3.63) is 29.3 Å². The third kappa shape index (κ3) is 3.05. The van der Waals surface area contributed by atoms with Crippen LogP contribution in [0.1, 0.15) is 11.1 Å². The minimum atomic E-state index is -0.372. The van der Waals surface area contributed by atoms with Gasteiger partial charge < -0.3 is 20.7 Å². The number of aryl methyl sites for hydroxylation is 1. The lowest BCUT2D eigenvalue weighted by Gasteiger charge is -2.35. The Kier molecular flexibility index (Phi) is 4.39. The maximum absolute atomic E-state index is 11.5. The largest absolute Gasteiger partial charge is 0.377 e. The molecule has 0 saturated carbocycles. The lowest BCUT2D eigenvalue weighted by Crippen LogP contribution is -2.52. The molecule has 1 fully saturated rings. The predicted molar refractivity (Wildman–Crippen MR) is 75.1 cm³/mol. The molecule has 3 N–H and O–H groups in total. The summed E-state index contributed by atoms with van der Waals surface area (Å²) in [7, 11) is 1.93. The molecule has 19 heavy (non-hydrogen) atoms. The molecule has 1 aliphatic heterocycles. The fraction of sp³-hybridized carbons (Fsp3) is 0.500. The molecular weight excluding hydrogens is 242 g/mol. The Hall–Kier alpha value is -1.59. The Morgan fingerprint density at radius 2 is 2.37 bits per heavy atom. The molecule has 1 unspecified atom stereocenters. The van der Waals surface area contributed by atoms with E-state index in [1.807, 2.05) is 18.0 Å². The molecule has 0 aromatic heterocycles. The van der Waals surface area contributed by atoms with Gasteiger partial charge in [0.25, 0.3) is 0 Å². The highest BCUT2D eigenvalue weighted by Crippen LogP contribution is 2.23. The summed E-state index contributed by atoms with van der Waals surface area (Å²) in [5, 5.41) is 3.14. The van der Waals surface area contributed by atoms with Crippen LogP contribution in [0.15, 0.2) is 18.2 Å². The number of ether oxygens (including phenoxy) is 1. The fourth-order valence-corrected chi connectivity index (χ4v) is 2.40. The standard InChI is InChI=1S/C14H21N3O2/c1-10-7-12(4-3-11(10)8-16-2)17-5-6-19-9-13(17)14(15)18/h3-4,7,13,16H,5-6,8-9H2,1-2H3,(H2,15,18). The number of nitrogens with two attached hydrogens (primary N) is 1. The van der Waals surface area contributed by atoms with E-state index in [1.54, 1.807) is 0 Å². The molecule has 0 radical (unpaired) electrons. The van der Waals surface area contributed by atoms with E-state index < -0.39 is 0 Å². The lowest BCUT2D eigenvalue weighted by molar-refractivity contribution is -0.121. The van der Waals surface area contributed by atoms with E-state index in [1.165, 1.54) is 11.1 Å². The highest BCUT2D eigenvalue weighted by atomic mass is 16.5. The van der Waals surface area contributed by atoms with E-state index in [4.69, 9.17) is 10.5 Å². The number of hydrogen-bond acceptors (Lipinski definition) is 4. The molecule has 5 heteroatoms. The molecule has 1 saturated heterocycles. The number of benzene rings is 1. The zero-order valence-corrected chi connectivity index (χ0v) is 11.5. The fourth-order valence-electron chi connectivity index (χ4n) is 2.40. The number of morpholine rings is 1. The SMILES string of the molecule is CNCc1ccc(N2CCOCC2C(N)=O)cc1C. The minimum Gasteiger partial charge on any atom is -0.377 e. The minimum absolute atomic E-state index is 0.336. The van der Waals surface area contributed by atoms with E-state index >= 15 is 0 Å². The molecule has 0 aliphatic carbocycles. The van der Waals surface area contributed by atoms with Crippen LogP contribution in [0.2, 0.25) is 0 Å². The first kappa shape index (κ1) is 13.8. The van der Waals surface area contributed by atoms with Gasteiger partial charge in [-0.25, -0.2) is 0 Å². The number of carbonyl (C=O) groups excluding carboxylic acids is 1. The number of carbonyl (C=O) groups is 1. The van der Waals surface area contributed by atoms with Crippen LogP contribution in [0.3, 0.4) is 0 Å². The number of primary amides is 1. The number of nitrogens with one attached hydrogen (secondary N) is 1. The molecule has 1 aromatic rings. The number of hydrogen-bond donors (Lipinski definition) is 2. The molecule has 1 heterocycles. The van der Waals surface area contributed by atoms with Crippen molar-refractivity contribution in [2.45, 2.75) is 19.5 Å². The maximum Gasteiger partial charge on any atom is 0.242 e. The third-order valence-electron chi connectivity index (χ3n) is 3.48. The van der Waals surface area contributed by atoms with Gasteiger partial charge in [-0.15, -0.1) is 0 Å². The number of anilines is 1. The molecule has 0 bridgehead atoms. The van der Waals surface area contributed by atoms with Gasteiger partial charge in [0.1, 0.15) is 6.04 Å². The van der Waals surface area contributed by atoms with Crippen molar-refractivity contribution < 1.29 is 9.53 Å². The summed E-state index contributed by atoms with van der Waals surface area (Å²) >= 11 is 0. The van der Waals surface area contributed by atoms with Crippen molar-refractivity contribution in [1.29, 1.82) is 0 Å². The Labute approximate surface area is 113 Å². The molecule has 5 nitrogen and oxygen atoms in total. The van der Waals surface area contributed by atoms with E-state index in [-0.39, 0.29) is 11.9 Å². The van der Waals surface area contributed by atoms with Gasteiger partial charge in [-0.2, -0.15) is 0 Å². The van der Waals surface area contributed by atoms with Crippen LogP contribution < -0.4 is 16.0 Å². The number of amides is 1. The van der Waals surface area contributed by atoms with Crippen LogP contribution in [0.5, 0.6) is 0 Å². The van der Waals surface area contributed by atoms with Gasteiger partial charge in [-0.3, -0.25) is 4.79 Å². The number of nitrogens with zero attached hydrogens (tertiary/aromatic N) is 1. The normalized spacial score (nSPS) is 19.5. The zero-order chi connectivity index (χ0) is 13.8. The van der Waals surface area contributed by atoms with E-state index in [2.05, 4.69) is 24.4 Å². The molecule has 0 spiro atoms. The second kappa shape index (κ2) is 6.04. The van der Waals surface area contributed by atoms with Crippen molar-refractivity contribution in [1.82, 2.24) is 5.32 Å². The second-order valence-corrected chi connectivity index (χ2v) is 4.83. The van der Waals surface area contributed by atoms with Crippen LogP contribution in [0, 0.1) is 6.92 Å². The van der Waals surface area contributed by atoms with Gasteiger partial charge in [-0.1, -0.05) is 6.07 Å². The Morgan fingerprint density at radius 1 is 1.58 bits per heavy atom. The van der Waals surface area contributed by atoms with Crippen molar-refractivity contribution in [2.24, 2.45) is 5.73 Å². The molecule has 104 valence electrons. The first-order valence-corrected chi connectivity index (χ1v) is 6.51. The molecule has 1 aliphatic rings. The summed E-state index contributed by atoms with van der Waals surface area (Å²) < 4.78 is 5.34. The molecule has 1 aromatic carbocycles. The van der Waals surface area contributed by atoms with Crippen LogP contribution >= 0.6 is 0 Å². The summed E-state index contributed by atoms with van der Waals surface area (Å²) in [4.78, 5) is 13.5. The van der Waals surface area contributed by atoms with E-state index in [9.17, 15) is 4.79 Å². The van der Waals surface area contributed by atoms with Gasteiger partial charge in [0.2, 0.25) is 5.91 Å². The van der Waals surface area contributed by atoms with Crippen LogP contribution in [0.4, 0.5) is 5.69 Å². The monoisotopic (exact) mass is 263 g/mol. The van der Waals surface area contributed by atoms with Crippen molar-refractivity contribution in [3.8, 4) is 0 Å². The first-order chi connectivity index (χ1) is 9.13. The predicted octanol–water partition coefficient (Wildman–Crippen LogP) is 0.405. The second-order valence-electron chi connectivity index (χ2n) is 4.83. The summed E-state index contributed by atoms with van der Waals surface area (Å²) in [5.41, 5.74) is 8.94. The Morgan fingerprint density at radius 3 is 3.00 bits per heavy atom. The molecule has 1 amide bonds. The van der Waals surface area contributed by atoms with Gasteiger partial charge in [0, 0.05) is 18.8 Å². The molecular formula is C14H21N3O2. The summed E-state index contributed by atoms with van der Waals surface area (Å²) in [6.45, 7) is 4.61. The quantitative estimate of drug-likeness (QED) is 0.825. The van der Waals surface area contributed by atoms with Gasteiger partial charge >= 0.3 is 0 Å². The summed E-state index contributed by atoms with van der Waals surface area (Å²) in [5.74, 6) is -0.336. The average Bonchev–Trinajstić information content (AvgIpc) is 2.41. The van der Waals surface area contributed by atoms with Crippen molar-refractivity contribution in [3.63, 3.8) is 0 Å². The van der Waals surface area contributed by atoms with Crippen molar-refractivity contribution in [2.75, 3.05) is 31.7 Å². The summed E-state index contributed by atoms with van der Waals surface area (Å²) in [6.07, 6.45) is 0. The number of rotatable bonds is 4. The third-order valence-corrected chi connectivity index (χ3v) is 3.48. The van der Waals surface area contributed by atoms with Crippen LogP contribution in [-0.2, 0) is 16.1 Å². The van der Waals surface area contributed by atoms with Gasteiger partial charge in [0.15, 0.2) is 0 Å².